The molecule has 1 amide bonds. The van der Waals surface area contributed by atoms with Crippen LogP contribution in [-0.4, -0.2) is 64.3 Å². The van der Waals surface area contributed by atoms with Gasteiger partial charge in [0.1, 0.15) is 0 Å². The van der Waals surface area contributed by atoms with Gasteiger partial charge in [0, 0.05) is 6.54 Å². The molecule has 0 aliphatic heterocycles. The molecule has 0 unspecified atom stereocenters. The van der Waals surface area contributed by atoms with Crippen molar-refractivity contribution < 1.29 is 4.79 Å². The van der Waals surface area contributed by atoms with E-state index in [1.807, 2.05) is 0 Å². The quantitative estimate of drug-likeness (QED) is 0.164. The van der Waals surface area contributed by atoms with Crippen LogP contribution in [0.25, 0.3) is 0 Å². The van der Waals surface area contributed by atoms with Crippen LogP contribution in [0.15, 0.2) is 0 Å². The maximum atomic E-state index is 12.1. The number of rotatable bonds is 20. The summed E-state index contributed by atoms with van der Waals surface area (Å²) >= 11 is 0. The predicted octanol–water partition coefficient (Wildman–Crippen LogP) is 1.47. The molecule has 1 saturated carbocycles. The molecule has 7 heteroatoms. The Balaban J connectivity index is 1.81. The van der Waals surface area contributed by atoms with Crippen LogP contribution < -0.4 is 32.7 Å². The van der Waals surface area contributed by atoms with Gasteiger partial charge in [0.2, 0.25) is 5.91 Å². The van der Waals surface area contributed by atoms with E-state index in [-0.39, 0.29) is 11.9 Å². The van der Waals surface area contributed by atoms with Gasteiger partial charge < -0.3 is 32.7 Å². The molecule has 0 aromatic heterocycles. The third kappa shape index (κ3) is 16.0. The van der Waals surface area contributed by atoms with Crippen molar-refractivity contribution in [3.05, 3.63) is 0 Å². The summed E-state index contributed by atoms with van der Waals surface area (Å²) in [6.07, 6.45) is 14.2. The van der Waals surface area contributed by atoms with Gasteiger partial charge in [-0.1, -0.05) is 25.7 Å². The number of nitrogens with one attached hydrogen (secondary N) is 4. The molecule has 0 saturated heterocycles. The summed E-state index contributed by atoms with van der Waals surface area (Å²) < 4.78 is 0. The second-order valence-electron chi connectivity index (χ2n) is 8.80. The third-order valence-corrected chi connectivity index (χ3v) is 5.96. The largest absolute Gasteiger partial charge is 0.355 e. The molecular formula is C23H50N6O. The Bertz CT molecular complexity index is 390. The molecule has 1 aliphatic rings. The summed E-state index contributed by atoms with van der Waals surface area (Å²) in [6, 6.07) is -0.372. The Morgan fingerprint density at radius 3 is 2.07 bits per heavy atom. The summed E-state index contributed by atoms with van der Waals surface area (Å²) in [5, 5.41) is 13.4. The number of unbranched alkanes of at least 4 members (excludes halogenated alkanes) is 2. The normalized spacial score (nSPS) is 15.9. The van der Waals surface area contributed by atoms with Gasteiger partial charge in [0.25, 0.3) is 0 Å². The number of hydrogen-bond acceptors (Lipinski definition) is 6. The topological polar surface area (TPSA) is 117 Å². The third-order valence-electron chi connectivity index (χ3n) is 5.96. The molecule has 0 spiro atoms. The maximum Gasteiger partial charge on any atom is 0.236 e. The first-order valence-electron chi connectivity index (χ1n) is 12.6. The summed E-state index contributed by atoms with van der Waals surface area (Å²) in [5.41, 5.74) is 11.5. The van der Waals surface area contributed by atoms with Crippen molar-refractivity contribution >= 4 is 5.91 Å². The van der Waals surface area contributed by atoms with Crippen LogP contribution in [0.2, 0.25) is 0 Å². The first-order chi connectivity index (χ1) is 14.7. The highest BCUT2D eigenvalue weighted by atomic mass is 16.2. The van der Waals surface area contributed by atoms with Gasteiger partial charge in [-0.25, -0.2) is 0 Å². The molecule has 178 valence electrons. The number of nitrogens with two attached hydrogens (primary N) is 2. The fraction of sp³-hybridized carbons (Fsp3) is 0.957. The van der Waals surface area contributed by atoms with E-state index < -0.39 is 0 Å². The zero-order valence-corrected chi connectivity index (χ0v) is 19.4. The Kier molecular flexibility index (Phi) is 18.4. The van der Waals surface area contributed by atoms with Crippen LogP contribution in [0.3, 0.4) is 0 Å². The number of carbonyl (C=O) groups excluding carboxylic acids is 1. The van der Waals surface area contributed by atoms with Gasteiger partial charge in [-0.3, -0.25) is 4.79 Å². The van der Waals surface area contributed by atoms with E-state index in [9.17, 15) is 4.79 Å². The van der Waals surface area contributed by atoms with Crippen LogP contribution in [0.4, 0.5) is 0 Å². The molecule has 0 radical (unpaired) electrons. The minimum atomic E-state index is -0.372. The Labute approximate surface area is 185 Å². The number of hydrogen-bond donors (Lipinski definition) is 6. The smallest absolute Gasteiger partial charge is 0.236 e. The summed E-state index contributed by atoms with van der Waals surface area (Å²) in [5.74, 6) is 0.874. The zero-order chi connectivity index (χ0) is 21.7. The van der Waals surface area contributed by atoms with Crippen molar-refractivity contribution in [3.63, 3.8) is 0 Å². The summed E-state index contributed by atoms with van der Waals surface area (Å²) in [7, 11) is 0. The Morgan fingerprint density at radius 2 is 1.37 bits per heavy atom. The molecule has 0 aromatic carbocycles. The van der Waals surface area contributed by atoms with Crippen LogP contribution >= 0.6 is 0 Å². The minimum absolute atomic E-state index is 0.00582. The highest BCUT2D eigenvalue weighted by molar-refractivity contribution is 5.81. The highest BCUT2D eigenvalue weighted by Crippen LogP contribution is 2.22. The van der Waals surface area contributed by atoms with Gasteiger partial charge in [0.15, 0.2) is 0 Å². The zero-order valence-electron chi connectivity index (χ0n) is 19.4. The van der Waals surface area contributed by atoms with Crippen LogP contribution in [0, 0.1) is 5.92 Å². The first-order valence-corrected chi connectivity index (χ1v) is 12.6. The average molecular weight is 427 g/mol. The van der Waals surface area contributed by atoms with Crippen molar-refractivity contribution in [1.29, 1.82) is 0 Å². The van der Waals surface area contributed by atoms with Gasteiger partial charge in [0.05, 0.1) is 6.04 Å². The lowest BCUT2D eigenvalue weighted by Crippen LogP contribution is -2.41. The molecule has 0 aromatic rings. The van der Waals surface area contributed by atoms with Crippen LogP contribution in [0.5, 0.6) is 0 Å². The second kappa shape index (κ2) is 20.2. The van der Waals surface area contributed by atoms with Gasteiger partial charge in [-0.15, -0.1) is 0 Å². The van der Waals surface area contributed by atoms with Crippen LogP contribution in [0.1, 0.15) is 77.0 Å². The van der Waals surface area contributed by atoms with Crippen molar-refractivity contribution in [1.82, 2.24) is 21.3 Å². The molecule has 1 aliphatic carbocycles. The average Bonchev–Trinajstić information content (AvgIpc) is 2.77. The van der Waals surface area contributed by atoms with Crippen molar-refractivity contribution in [2.45, 2.75) is 83.1 Å². The van der Waals surface area contributed by atoms with E-state index in [0.717, 1.165) is 83.8 Å². The van der Waals surface area contributed by atoms with E-state index in [0.29, 0.717) is 6.54 Å². The monoisotopic (exact) mass is 426 g/mol. The summed E-state index contributed by atoms with van der Waals surface area (Å²) in [4.78, 5) is 12.1. The molecule has 0 bridgehead atoms. The van der Waals surface area contributed by atoms with Gasteiger partial charge in [-0.05, 0) is 103 Å². The van der Waals surface area contributed by atoms with E-state index in [4.69, 9.17) is 11.5 Å². The highest BCUT2D eigenvalue weighted by Gasteiger charge is 2.13. The maximum absolute atomic E-state index is 12.1. The van der Waals surface area contributed by atoms with Gasteiger partial charge in [-0.2, -0.15) is 0 Å². The molecule has 1 rings (SSSR count). The van der Waals surface area contributed by atoms with Crippen LogP contribution in [-0.2, 0) is 4.79 Å². The molecule has 1 fully saturated rings. The van der Waals surface area contributed by atoms with Crippen molar-refractivity contribution in [3.8, 4) is 0 Å². The van der Waals surface area contributed by atoms with Crippen molar-refractivity contribution in [2.75, 3.05) is 52.4 Å². The van der Waals surface area contributed by atoms with E-state index in [2.05, 4.69) is 21.3 Å². The standard InChI is InChI=1S/C23H50N6O/c24-13-8-17-26-14-6-7-15-27-18-9-19-29-23(30)22(25)12-4-5-16-28-20-21-10-2-1-3-11-21/h21-22,26-28H,1-20,24-25H2,(H,29,30)/t22-/m1/s1. The number of carbonyl (C=O) groups is 1. The summed E-state index contributed by atoms with van der Waals surface area (Å²) in [6.45, 7) is 7.70. The van der Waals surface area contributed by atoms with E-state index in [1.165, 1.54) is 44.9 Å². The molecule has 7 nitrogen and oxygen atoms in total. The molecule has 8 N–H and O–H groups in total. The minimum Gasteiger partial charge on any atom is -0.355 e. The number of amides is 1. The fourth-order valence-electron chi connectivity index (χ4n) is 3.98. The van der Waals surface area contributed by atoms with Gasteiger partial charge >= 0.3 is 0 Å². The lowest BCUT2D eigenvalue weighted by molar-refractivity contribution is -0.122. The fourth-order valence-corrected chi connectivity index (χ4v) is 3.98. The predicted molar refractivity (Wildman–Crippen MR) is 128 cm³/mol. The Morgan fingerprint density at radius 1 is 0.767 bits per heavy atom. The molecule has 30 heavy (non-hydrogen) atoms. The molecule has 1 atom stereocenters. The second-order valence-corrected chi connectivity index (χ2v) is 8.80. The molecular weight excluding hydrogens is 376 g/mol. The van der Waals surface area contributed by atoms with E-state index in [1.54, 1.807) is 0 Å². The first kappa shape index (κ1) is 27.3. The SMILES string of the molecule is NCCCNCCCCNCCCNC(=O)[C@H](N)CCCCNCC1CCCCC1. The van der Waals surface area contributed by atoms with E-state index >= 15 is 0 Å². The molecule has 0 heterocycles. The lowest BCUT2D eigenvalue weighted by Gasteiger charge is -2.21. The van der Waals surface area contributed by atoms with Crippen molar-refractivity contribution in [2.24, 2.45) is 17.4 Å². The Hall–Kier alpha value is -0.730. The lowest BCUT2D eigenvalue weighted by atomic mass is 9.89.